The van der Waals surface area contributed by atoms with Crippen LogP contribution in [0.25, 0.3) is 0 Å². The summed E-state index contributed by atoms with van der Waals surface area (Å²) in [5.74, 6) is 0.726. The van der Waals surface area contributed by atoms with Crippen LogP contribution in [0.5, 0.6) is 0 Å². The van der Waals surface area contributed by atoms with Gasteiger partial charge in [0.05, 0.1) is 6.10 Å². The van der Waals surface area contributed by atoms with Crippen molar-refractivity contribution in [3.8, 4) is 0 Å². The van der Waals surface area contributed by atoms with E-state index in [1.54, 1.807) is 0 Å². The van der Waals surface area contributed by atoms with E-state index in [-0.39, 0.29) is 6.10 Å². The molecule has 2 unspecified atom stereocenters. The first-order valence-electron chi connectivity index (χ1n) is 7.32. The monoisotopic (exact) mass is 245 g/mol. The Labute approximate surface area is 109 Å². The molecule has 0 saturated heterocycles. The maximum absolute atomic E-state index is 9.96. The quantitative estimate of drug-likeness (QED) is 0.858. The third kappa shape index (κ3) is 2.60. The van der Waals surface area contributed by atoms with Gasteiger partial charge in [-0.25, -0.2) is 0 Å². The highest BCUT2D eigenvalue weighted by Crippen LogP contribution is 2.37. The highest BCUT2D eigenvalue weighted by Gasteiger charge is 2.33. The summed E-state index contributed by atoms with van der Waals surface area (Å²) >= 11 is 0. The second-order valence-corrected chi connectivity index (χ2v) is 5.90. The van der Waals surface area contributed by atoms with Crippen LogP contribution in [-0.4, -0.2) is 23.3 Å². The predicted molar refractivity (Wildman–Crippen MR) is 73.6 cm³/mol. The van der Waals surface area contributed by atoms with Gasteiger partial charge in [0.25, 0.3) is 0 Å². The Balaban J connectivity index is 1.48. The van der Waals surface area contributed by atoms with Crippen LogP contribution in [0.2, 0.25) is 0 Å². The van der Waals surface area contributed by atoms with Gasteiger partial charge in [0, 0.05) is 12.1 Å². The normalized spacial score (nSPS) is 36.1. The zero-order valence-corrected chi connectivity index (χ0v) is 10.9. The zero-order chi connectivity index (χ0) is 12.4. The van der Waals surface area contributed by atoms with Crippen LogP contribution in [0, 0.1) is 0 Å². The Bertz CT molecular complexity index is 372. The number of hydrogen-bond donors (Lipinski definition) is 2. The number of aliphatic hydroxyl groups is 1. The van der Waals surface area contributed by atoms with Crippen molar-refractivity contribution < 1.29 is 5.11 Å². The number of nitrogens with one attached hydrogen (secondary N) is 1. The molecule has 2 atom stereocenters. The van der Waals surface area contributed by atoms with Crippen LogP contribution in [0.3, 0.4) is 0 Å². The molecule has 2 saturated carbocycles. The van der Waals surface area contributed by atoms with Crippen LogP contribution in [0.4, 0.5) is 0 Å². The minimum atomic E-state index is -0.116. The summed E-state index contributed by atoms with van der Waals surface area (Å²) < 4.78 is 0. The first-order valence-corrected chi connectivity index (χ1v) is 7.32. The summed E-state index contributed by atoms with van der Waals surface area (Å²) in [5, 5.41) is 13.6. The topological polar surface area (TPSA) is 32.3 Å². The lowest BCUT2D eigenvalue weighted by atomic mass is 9.75. The molecule has 2 fully saturated rings. The van der Waals surface area contributed by atoms with E-state index in [2.05, 4.69) is 35.6 Å². The van der Waals surface area contributed by atoms with Gasteiger partial charge in [-0.1, -0.05) is 43.2 Å². The van der Waals surface area contributed by atoms with Crippen molar-refractivity contribution in [2.24, 2.45) is 0 Å². The second-order valence-electron chi connectivity index (χ2n) is 5.90. The first kappa shape index (κ1) is 12.2. The van der Waals surface area contributed by atoms with E-state index < -0.39 is 0 Å². The summed E-state index contributed by atoms with van der Waals surface area (Å²) in [6.45, 7) is 0. The van der Waals surface area contributed by atoms with E-state index in [1.807, 2.05) is 0 Å². The standard InChI is InChI=1S/C16H23NO/c18-16-9-5-4-8-15(16)17-14-10-13(11-14)12-6-2-1-3-7-12/h1-3,6-7,13-18H,4-5,8-11H2. The first-order chi connectivity index (χ1) is 8.83. The van der Waals surface area contributed by atoms with Gasteiger partial charge in [0.15, 0.2) is 0 Å². The zero-order valence-electron chi connectivity index (χ0n) is 10.9. The fourth-order valence-electron chi connectivity index (χ4n) is 3.36. The van der Waals surface area contributed by atoms with Gasteiger partial charge in [-0.2, -0.15) is 0 Å². The number of rotatable bonds is 3. The van der Waals surface area contributed by atoms with E-state index in [0.29, 0.717) is 12.1 Å². The van der Waals surface area contributed by atoms with Gasteiger partial charge in [0.2, 0.25) is 0 Å². The summed E-state index contributed by atoms with van der Waals surface area (Å²) in [4.78, 5) is 0. The molecule has 1 aromatic rings. The molecule has 0 bridgehead atoms. The van der Waals surface area contributed by atoms with Crippen molar-refractivity contribution in [2.45, 2.75) is 62.6 Å². The summed E-state index contributed by atoms with van der Waals surface area (Å²) in [6, 6.07) is 11.8. The number of benzene rings is 1. The lowest BCUT2D eigenvalue weighted by Crippen LogP contribution is -2.51. The van der Waals surface area contributed by atoms with Crippen molar-refractivity contribution in [1.29, 1.82) is 0 Å². The van der Waals surface area contributed by atoms with Crippen LogP contribution in [0.1, 0.15) is 50.0 Å². The maximum Gasteiger partial charge on any atom is 0.0693 e. The van der Waals surface area contributed by atoms with Gasteiger partial charge in [0.1, 0.15) is 0 Å². The van der Waals surface area contributed by atoms with E-state index in [4.69, 9.17) is 0 Å². The van der Waals surface area contributed by atoms with E-state index >= 15 is 0 Å². The molecule has 2 aliphatic carbocycles. The molecule has 18 heavy (non-hydrogen) atoms. The van der Waals surface area contributed by atoms with Crippen molar-refractivity contribution in [3.05, 3.63) is 35.9 Å². The summed E-state index contributed by atoms with van der Waals surface area (Å²) in [5.41, 5.74) is 1.47. The van der Waals surface area contributed by atoms with Crippen molar-refractivity contribution >= 4 is 0 Å². The summed E-state index contributed by atoms with van der Waals surface area (Å²) in [7, 11) is 0. The van der Waals surface area contributed by atoms with Gasteiger partial charge in [-0.15, -0.1) is 0 Å². The molecule has 1 aromatic carbocycles. The number of aliphatic hydroxyl groups excluding tert-OH is 1. The smallest absolute Gasteiger partial charge is 0.0693 e. The molecule has 98 valence electrons. The molecule has 2 aliphatic rings. The fourth-order valence-corrected chi connectivity index (χ4v) is 3.36. The van der Waals surface area contributed by atoms with Crippen molar-refractivity contribution in [1.82, 2.24) is 5.32 Å². The molecule has 0 aromatic heterocycles. The fraction of sp³-hybridized carbons (Fsp3) is 0.625. The highest BCUT2D eigenvalue weighted by molar-refractivity contribution is 5.22. The Hall–Kier alpha value is -0.860. The maximum atomic E-state index is 9.96. The average Bonchev–Trinajstić information content (AvgIpc) is 2.36. The van der Waals surface area contributed by atoms with Crippen LogP contribution in [0.15, 0.2) is 30.3 Å². The molecule has 0 amide bonds. The minimum absolute atomic E-state index is 0.116. The molecule has 2 nitrogen and oxygen atoms in total. The van der Waals surface area contributed by atoms with E-state index in [1.165, 1.54) is 31.2 Å². The largest absolute Gasteiger partial charge is 0.392 e. The Morgan fingerprint density at radius 2 is 1.72 bits per heavy atom. The number of hydrogen-bond acceptors (Lipinski definition) is 2. The molecular formula is C16H23NO. The molecule has 2 N–H and O–H groups in total. The van der Waals surface area contributed by atoms with Gasteiger partial charge >= 0.3 is 0 Å². The van der Waals surface area contributed by atoms with E-state index in [9.17, 15) is 5.11 Å². The predicted octanol–water partition coefficient (Wildman–Crippen LogP) is 2.83. The van der Waals surface area contributed by atoms with E-state index in [0.717, 1.165) is 18.8 Å². The van der Waals surface area contributed by atoms with Crippen molar-refractivity contribution in [3.63, 3.8) is 0 Å². The SMILES string of the molecule is OC1CCCCC1NC1CC(c2ccccc2)C1. The van der Waals surface area contributed by atoms with Crippen molar-refractivity contribution in [2.75, 3.05) is 0 Å². The average molecular weight is 245 g/mol. The lowest BCUT2D eigenvalue weighted by molar-refractivity contribution is 0.0751. The molecular weight excluding hydrogens is 222 g/mol. The third-order valence-electron chi connectivity index (χ3n) is 4.59. The Morgan fingerprint density at radius 3 is 2.44 bits per heavy atom. The Kier molecular flexibility index (Phi) is 3.67. The molecule has 0 spiro atoms. The molecule has 2 heteroatoms. The second kappa shape index (κ2) is 5.41. The summed E-state index contributed by atoms with van der Waals surface area (Å²) in [6.07, 6.45) is 6.93. The Morgan fingerprint density at radius 1 is 1.00 bits per heavy atom. The van der Waals surface area contributed by atoms with Gasteiger partial charge in [-0.05, 0) is 37.2 Å². The molecule has 0 radical (unpaired) electrons. The van der Waals surface area contributed by atoms with Gasteiger partial charge in [-0.3, -0.25) is 0 Å². The molecule has 0 heterocycles. The van der Waals surface area contributed by atoms with Crippen LogP contribution >= 0.6 is 0 Å². The van der Waals surface area contributed by atoms with Gasteiger partial charge < -0.3 is 10.4 Å². The molecule has 3 rings (SSSR count). The highest BCUT2D eigenvalue weighted by atomic mass is 16.3. The third-order valence-corrected chi connectivity index (χ3v) is 4.59. The van der Waals surface area contributed by atoms with Crippen LogP contribution < -0.4 is 5.32 Å². The lowest BCUT2D eigenvalue weighted by Gasteiger charge is -2.41. The minimum Gasteiger partial charge on any atom is -0.392 e. The molecule has 0 aliphatic heterocycles. The van der Waals surface area contributed by atoms with Crippen LogP contribution in [-0.2, 0) is 0 Å².